The maximum absolute atomic E-state index is 13.7. The number of nitrogens with zero attached hydrogens (tertiary/aromatic N) is 4. The topological polar surface area (TPSA) is 94.1 Å². The van der Waals surface area contributed by atoms with E-state index in [4.69, 9.17) is 5.73 Å². The smallest absolute Gasteiger partial charge is 0.364 e. The number of aromatic nitrogens is 3. The summed E-state index contributed by atoms with van der Waals surface area (Å²) in [7, 11) is 0. The Kier molecular flexibility index (Phi) is 7.21. The number of unbranched alkanes of at least 4 members (excludes halogenated alkanes) is 2. The van der Waals surface area contributed by atoms with Gasteiger partial charge in [0.05, 0.1) is 18.1 Å². The van der Waals surface area contributed by atoms with Crippen molar-refractivity contribution in [3.63, 3.8) is 0 Å². The fourth-order valence-corrected chi connectivity index (χ4v) is 7.42. The van der Waals surface area contributed by atoms with Gasteiger partial charge in [-0.2, -0.15) is 13.2 Å². The molecule has 4 bridgehead atoms. The van der Waals surface area contributed by atoms with Gasteiger partial charge in [-0.15, -0.1) is 5.10 Å². The molecule has 0 atom stereocenters. The Bertz CT molecular complexity index is 1140. The minimum absolute atomic E-state index is 0.0172. The monoisotopic (exact) mass is 535 g/mol. The second kappa shape index (κ2) is 10.3. The summed E-state index contributed by atoms with van der Waals surface area (Å²) in [5.41, 5.74) is 5.88. The Morgan fingerprint density at radius 1 is 1.00 bits per heavy atom. The highest BCUT2D eigenvalue weighted by atomic mass is 19.4. The van der Waals surface area contributed by atoms with Gasteiger partial charge in [0.25, 0.3) is 11.8 Å². The molecule has 2 N–H and O–H groups in total. The van der Waals surface area contributed by atoms with Crippen LogP contribution in [0.2, 0.25) is 0 Å². The first kappa shape index (κ1) is 26.6. The average molecular weight is 536 g/mol. The summed E-state index contributed by atoms with van der Waals surface area (Å²) < 4.78 is 55.1. The van der Waals surface area contributed by atoms with E-state index in [2.05, 4.69) is 10.3 Å². The zero-order chi connectivity index (χ0) is 27.1. The SMILES string of the molecule is NC(=O)c1nnn(-c2ccc(C(=O)N(CC(F)(F)F)C34CC5CC(CC(C5)C3)C4)cc2)c1CCCCCF. The molecular weight excluding hydrogens is 502 g/mol. The summed E-state index contributed by atoms with van der Waals surface area (Å²) in [5.74, 6) is -0.174. The van der Waals surface area contributed by atoms with Gasteiger partial charge in [-0.25, -0.2) is 4.68 Å². The number of alkyl halides is 4. The highest BCUT2D eigenvalue weighted by Crippen LogP contribution is 2.58. The zero-order valence-corrected chi connectivity index (χ0v) is 21.2. The highest BCUT2D eigenvalue weighted by molar-refractivity contribution is 5.95. The van der Waals surface area contributed by atoms with Crippen LogP contribution in [0.3, 0.4) is 0 Å². The van der Waals surface area contributed by atoms with Crippen molar-refractivity contribution < 1.29 is 27.2 Å². The quantitative estimate of drug-likeness (QED) is 0.341. The first-order chi connectivity index (χ1) is 18.1. The van der Waals surface area contributed by atoms with Gasteiger partial charge < -0.3 is 10.6 Å². The molecular formula is C27H33F4N5O2. The maximum Gasteiger partial charge on any atom is 0.406 e. The number of primary amides is 1. The summed E-state index contributed by atoms with van der Waals surface area (Å²) in [6.45, 7) is -1.68. The minimum atomic E-state index is -4.50. The van der Waals surface area contributed by atoms with Gasteiger partial charge in [-0.05, 0) is 99.8 Å². The Morgan fingerprint density at radius 2 is 1.61 bits per heavy atom. The number of amides is 2. The molecule has 0 unspecified atom stereocenters. The molecule has 1 aromatic heterocycles. The number of benzene rings is 1. The van der Waals surface area contributed by atoms with Crippen molar-refractivity contribution in [3.8, 4) is 5.69 Å². The molecule has 4 aliphatic carbocycles. The molecule has 4 aliphatic rings. The third kappa shape index (κ3) is 5.29. The molecule has 1 heterocycles. The molecule has 11 heteroatoms. The van der Waals surface area contributed by atoms with Crippen molar-refractivity contribution in [1.82, 2.24) is 19.9 Å². The molecule has 1 aromatic carbocycles. The van der Waals surface area contributed by atoms with Gasteiger partial charge in [-0.1, -0.05) is 11.6 Å². The normalized spacial score (nSPS) is 26.1. The molecule has 2 aromatic rings. The molecule has 0 spiro atoms. The number of carbonyl (C=O) groups excluding carboxylic acids is 2. The van der Waals surface area contributed by atoms with Crippen LogP contribution in [0.1, 0.15) is 84.3 Å². The molecule has 2 amide bonds. The molecule has 206 valence electrons. The lowest BCUT2D eigenvalue weighted by molar-refractivity contribution is -0.168. The van der Waals surface area contributed by atoms with E-state index in [-0.39, 0.29) is 11.3 Å². The molecule has 38 heavy (non-hydrogen) atoms. The van der Waals surface area contributed by atoms with Gasteiger partial charge >= 0.3 is 6.18 Å². The minimum Gasteiger partial charge on any atom is -0.364 e. The van der Waals surface area contributed by atoms with Crippen LogP contribution in [-0.2, 0) is 6.42 Å². The Morgan fingerprint density at radius 3 is 2.13 bits per heavy atom. The molecule has 0 aliphatic heterocycles. The number of rotatable bonds is 10. The summed E-state index contributed by atoms with van der Waals surface area (Å²) >= 11 is 0. The fourth-order valence-electron chi connectivity index (χ4n) is 7.42. The first-order valence-electron chi connectivity index (χ1n) is 13.4. The van der Waals surface area contributed by atoms with E-state index in [9.17, 15) is 27.2 Å². The van der Waals surface area contributed by atoms with Crippen molar-refractivity contribution in [3.05, 3.63) is 41.2 Å². The Balaban J connectivity index is 1.41. The van der Waals surface area contributed by atoms with Crippen LogP contribution in [0.25, 0.3) is 5.69 Å². The van der Waals surface area contributed by atoms with Crippen LogP contribution in [0, 0.1) is 17.8 Å². The number of hydrogen-bond donors (Lipinski definition) is 1. The summed E-state index contributed by atoms with van der Waals surface area (Å²) in [6, 6.07) is 6.17. The molecule has 0 radical (unpaired) electrons. The molecule has 4 saturated carbocycles. The summed E-state index contributed by atoms with van der Waals surface area (Å²) in [5, 5.41) is 7.93. The van der Waals surface area contributed by atoms with Crippen molar-refractivity contribution in [2.24, 2.45) is 23.5 Å². The van der Waals surface area contributed by atoms with Crippen LogP contribution >= 0.6 is 0 Å². The Hall–Kier alpha value is -2.98. The van der Waals surface area contributed by atoms with Gasteiger partial charge in [0, 0.05) is 11.1 Å². The lowest BCUT2D eigenvalue weighted by Crippen LogP contribution is -2.63. The number of carbonyl (C=O) groups is 2. The van der Waals surface area contributed by atoms with Crippen LogP contribution in [0.15, 0.2) is 24.3 Å². The maximum atomic E-state index is 13.7. The summed E-state index contributed by atoms with van der Waals surface area (Å²) in [6.07, 6.45) is 2.62. The lowest BCUT2D eigenvalue weighted by Gasteiger charge is -2.60. The van der Waals surface area contributed by atoms with Gasteiger partial charge in [-0.3, -0.25) is 14.0 Å². The van der Waals surface area contributed by atoms with Gasteiger partial charge in [0.15, 0.2) is 5.69 Å². The lowest BCUT2D eigenvalue weighted by atomic mass is 9.52. The second-order valence-electron chi connectivity index (χ2n) is 11.4. The van der Waals surface area contributed by atoms with E-state index in [1.54, 1.807) is 12.1 Å². The van der Waals surface area contributed by atoms with Crippen LogP contribution in [0.5, 0.6) is 0 Å². The fraction of sp³-hybridized carbons (Fsp3) is 0.630. The van der Waals surface area contributed by atoms with E-state index in [1.807, 2.05) is 0 Å². The van der Waals surface area contributed by atoms with Gasteiger partial charge in [0.2, 0.25) is 0 Å². The van der Waals surface area contributed by atoms with E-state index in [0.717, 1.165) is 24.2 Å². The standard InChI is InChI=1S/C27H33F4N5O2/c28-9-3-1-2-4-22-23(24(32)37)33-34-36(22)21-7-5-20(6-8-21)25(38)35(16-27(29,30)31)26-13-17-10-18(14-26)12-19(11-17)15-26/h5-8,17-19H,1-4,9-16H2,(H2,32,37). The number of hydrogen-bond acceptors (Lipinski definition) is 4. The third-order valence-electron chi connectivity index (χ3n) is 8.56. The third-order valence-corrected chi connectivity index (χ3v) is 8.56. The summed E-state index contributed by atoms with van der Waals surface area (Å²) in [4.78, 5) is 26.6. The largest absolute Gasteiger partial charge is 0.406 e. The van der Waals surface area contributed by atoms with E-state index < -0.39 is 36.7 Å². The van der Waals surface area contributed by atoms with Crippen molar-refractivity contribution in [2.75, 3.05) is 13.2 Å². The predicted octanol–water partition coefficient (Wildman–Crippen LogP) is 5.02. The molecule has 6 rings (SSSR count). The average Bonchev–Trinajstić information content (AvgIpc) is 3.28. The van der Waals surface area contributed by atoms with Crippen molar-refractivity contribution >= 4 is 11.8 Å². The number of halogens is 4. The van der Waals surface area contributed by atoms with Crippen molar-refractivity contribution in [2.45, 2.75) is 75.9 Å². The predicted molar refractivity (Wildman–Crippen MR) is 131 cm³/mol. The molecule has 0 saturated heterocycles. The molecule has 7 nitrogen and oxygen atoms in total. The second-order valence-corrected chi connectivity index (χ2v) is 11.4. The molecule has 4 fully saturated rings. The Labute approximate surface area is 218 Å². The van der Waals surface area contributed by atoms with Crippen LogP contribution in [-0.4, -0.2) is 56.6 Å². The van der Waals surface area contributed by atoms with E-state index >= 15 is 0 Å². The highest BCUT2D eigenvalue weighted by Gasteiger charge is 2.56. The van der Waals surface area contributed by atoms with Crippen molar-refractivity contribution in [1.29, 1.82) is 0 Å². The number of nitrogens with two attached hydrogens (primary N) is 1. The van der Waals surface area contributed by atoms with E-state index in [0.29, 0.717) is 74.1 Å². The van der Waals surface area contributed by atoms with Crippen LogP contribution < -0.4 is 5.73 Å². The first-order valence-corrected chi connectivity index (χ1v) is 13.4. The van der Waals surface area contributed by atoms with E-state index in [1.165, 1.54) is 16.8 Å². The zero-order valence-electron chi connectivity index (χ0n) is 21.2. The van der Waals surface area contributed by atoms with Gasteiger partial charge in [0.1, 0.15) is 6.54 Å². The van der Waals surface area contributed by atoms with Crippen LogP contribution in [0.4, 0.5) is 17.6 Å².